The summed E-state index contributed by atoms with van der Waals surface area (Å²) < 4.78 is 5.44. The van der Waals surface area contributed by atoms with Gasteiger partial charge in [-0.3, -0.25) is 0 Å². The third-order valence-corrected chi connectivity index (χ3v) is 2.76. The zero-order valence-electron chi connectivity index (χ0n) is 9.61. The summed E-state index contributed by atoms with van der Waals surface area (Å²) in [7, 11) is 0. The summed E-state index contributed by atoms with van der Waals surface area (Å²) >= 11 is 0. The van der Waals surface area contributed by atoms with Gasteiger partial charge in [0.05, 0.1) is 6.26 Å². The lowest BCUT2D eigenvalue weighted by Gasteiger charge is -2.19. The van der Waals surface area contributed by atoms with Crippen molar-refractivity contribution in [2.75, 3.05) is 19.7 Å². The number of hydrogen-bond donors (Lipinski definition) is 2. The van der Waals surface area contributed by atoms with Crippen LogP contribution in [0.1, 0.15) is 32.6 Å². The molecule has 0 spiro atoms. The first kappa shape index (κ1) is 12.5. The fraction of sp³-hybridized carbons (Fsp3) is 0.833. The molecule has 1 aliphatic heterocycles. The fourth-order valence-corrected chi connectivity index (χ4v) is 1.66. The summed E-state index contributed by atoms with van der Waals surface area (Å²) in [6.07, 6.45) is 8.71. The third-order valence-electron chi connectivity index (χ3n) is 2.76. The molecule has 2 unspecified atom stereocenters. The van der Waals surface area contributed by atoms with Gasteiger partial charge in [-0.25, -0.2) is 0 Å². The van der Waals surface area contributed by atoms with E-state index in [1.807, 2.05) is 6.26 Å². The number of rotatable bonds is 7. The van der Waals surface area contributed by atoms with Crippen LogP contribution in [0.15, 0.2) is 12.3 Å². The van der Waals surface area contributed by atoms with Gasteiger partial charge in [0.15, 0.2) is 0 Å². The van der Waals surface area contributed by atoms with Gasteiger partial charge in [-0.1, -0.05) is 6.92 Å². The summed E-state index contributed by atoms with van der Waals surface area (Å²) in [4.78, 5) is 0. The SMILES string of the molecule is CC(CO)CCCNCC1CCC=CO1. The van der Waals surface area contributed by atoms with Crippen LogP contribution in [0, 0.1) is 5.92 Å². The molecule has 0 aromatic carbocycles. The summed E-state index contributed by atoms with van der Waals surface area (Å²) in [6.45, 7) is 4.34. The number of aliphatic hydroxyl groups excluding tert-OH is 1. The molecule has 0 aromatic rings. The van der Waals surface area contributed by atoms with Crippen molar-refractivity contribution >= 4 is 0 Å². The molecule has 0 bridgehead atoms. The monoisotopic (exact) mass is 213 g/mol. The predicted molar refractivity (Wildman–Crippen MR) is 61.6 cm³/mol. The lowest BCUT2D eigenvalue weighted by atomic mass is 10.1. The van der Waals surface area contributed by atoms with Gasteiger partial charge in [0.2, 0.25) is 0 Å². The minimum atomic E-state index is 0.302. The van der Waals surface area contributed by atoms with E-state index in [4.69, 9.17) is 9.84 Å². The lowest BCUT2D eigenvalue weighted by Crippen LogP contribution is -2.29. The van der Waals surface area contributed by atoms with Crippen LogP contribution in [-0.2, 0) is 4.74 Å². The second-order valence-electron chi connectivity index (χ2n) is 4.34. The number of hydrogen-bond acceptors (Lipinski definition) is 3. The highest BCUT2D eigenvalue weighted by Crippen LogP contribution is 2.09. The van der Waals surface area contributed by atoms with E-state index in [1.165, 1.54) is 0 Å². The maximum absolute atomic E-state index is 8.85. The molecule has 1 aliphatic rings. The highest BCUT2D eigenvalue weighted by molar-refractivity contribution is 4.82. The Morgan fingerprint density at radius 1 is 1.60 bits per heavy atom. The smallest absolute Gasteiger partial charge is 0.110 e. The molecular weight excluding hydrogens is 190 g/mol. The topological polar surface area (TPSA) is 41.5 Å². The van der Waals surface area contributed by atoms with Gasteiger partial charge in [0.25, 0.3) is 0 Å². The molecule has 3 heteroatoms. The molecule has 2 atom stereocenters. The molecule has 0 saturated heterocycles. The summed E-state index contributed by atoms with van der Waals surface area (Å²) in [5, 5.41) is 12.2. The van der Waals surface area contributed by atoms with Crippen LogP contribution in [0.4, 0.5) is 0 Å². The van der Waals surface area contributed by atoms with E-state index < -0.39 is 0 Å². The van der Waals surface area contributed by atoms with Crippen molar-refractivity contribution in [3.8, 4) is 0 Å². The Balaban J connectivity index is 1.90. The van der Waals surface area contributed by atoms with Crippen molar-refractivity contribution in [1.82, 2.24) is 5.32 Å². The minimum Gasteiger partial charge on any atom is -0.497 e. The van der Waals surface area contributed by atoms with E-state index in [2.05, 4.69) is 18.3 Å². The van der Waals surface area contributed by atoms with Crippen molar-refractivity contribution in [2.45, 2.75) is 38.7 Å². The first-order chi connectivity index (χ1) is 7.33. The molecule has 3 nitrogen and oxygen atoms in total. The highest BCUT2D eigenvalue weighted by Gasteiger charge is 2.09. The summed E-state index contributed by atoms with van der Waals surface area (Å²) in [6, 6.07) is 0. The maximum Gasteiger partial charge on any atom is 0.110 e. The van der Waals surface area contributed by atoms with Crippen molar-refractivity contribution in [3.63, 3.8) is 0 Å². The number of aliphatic hydroxyl groups is 1. The molecule has 0 saturated carbocycles. The van der Waals surface area contributed by atoms with Crippen LogP contribution in [-0.4, -0.2) is 30.9 Å². The van der Waals surface area contributed by atoms with Crippen molar-refractivity contribution < 1.29 is 9.84 Å². The van der Waals surface area contributed by atoms with E-state index in [0.29, 0.717) is 18.6 Å². The molecule has 0 aromatic heterocycles. The standard InChI is InChI=1S/C12H23NO2/c1-11(10-14)5-4-7-13-9-12-6-2-3-8-15-12/h3,8,11-14H,2,4-7,9-10H2,1H3. The van der Waals surface area contributed by atoms with Crippen LogP contribution in [0.5, 0.6) is 0 Å². The Bertz CT molecular complexity index is 182. The molecule has 2 N–H and O–H groups in total. The largest absolute Gasteiger partial charge is 0.497 e. The van der Waals surface area contributed by atoms with Crippen molar-refractivity contribution in [1.29, 1.82) is 0 Å². The second-order valence-corrected chi connectivity index (χ2v) is 4.34. The zero-order valence-corrected chi connectivity index (χ0v) is 9.61. The van der Waals surface area contributed by atoms with Gasteiger partial charge in [0.1, 0.15) is 6.10 Å². The summed E-state index contributed by atoms with van der Waals surface area (Å²) in [5.74, 6) is 0.431. The van der Waals surface area contributed by atoms with Crippen molar-refractivity contribution in [3.05, 3.63) is 12.3 Å². The Morgan fingerprint density at radius 3 is 3.13 bits per heavy atom. The van der Waals surface area contributed by atoms with E-state index in [-0.39, 0.29) is 0 Å². The quantitative estimate of drug-likeness (QED) is 0.632. The van der Waals surface area contributed by atoms with Gasteiger partial charge < -0.3 is 15.2 Å². The molecule has 0 amide bonds. The summed E-state index contributed by atoms with van der Waals surface area (Å²) in [5.41, 5.74) is 0. The molecule has 1 rings (SSSR count). The number of allylic oxidation sites excluding steroid dienone is 1. The van der Waals surface area contributed by atoms with Gasteiger partial charge in [0, 0.05) is 13.2 Å². The highest BCUT2D eigenvalue weighted by atomic mass is 16.5. The lowest BCUT2D eigenvalue weighted by molar-refractivity contribution is 0.122. The first-order valence-corrected chi connectivity index (χ1v) is 5.95. The first-order valence-electron chi connectivity index (χ1n) is 5.95. The Labute approximate surface area is 92.5 Å². The van der Waals surface area contributed by atoms with Crippen LogP contribution >= 0.6 is 0 Å². The molecule has 15 heavy (non-hydrogen) atoms. The van der Waals surface area contributed by atoms with Crippen LogP contribution in [0.3, 0.4) is 0 Å². The van der Waals surface area contributed by atoms with Gasteiger partial charge >= 0.3 is 0 Å². The normalized spacial score (nSPS) is 22.4. The molecular formula is C12H23NO2. The van der Waals surface area contributed by atoms with Gasteiger partial charge in [-0.15, -0.1) is 0 Å². The van der Waals surface area contributed by atoms with Crippen molar-refractivity contribution in [2.24, 2.45) is 5.92 Å². The van der Waals surface area contributed by atoms with E-state index >= 15 is 0 Å². The van der Waals surface area contributed by atoms with E-state index in [0.717, 1.165) is 38.8 Å². The molecule has 0 fully saturated rings. The zero-order chi connectivity index (χ0) is 10.9. The van der Waals surface area contributed by atoms with Gasteiger partial charge in [-0.2, -0.15) is 0 Å². The minimum absolute atomic E-state index is 0.302. The molecule has 88 valence electrons. The maximum atomic E-state index is 8.85. The van der Waals surface area contributed by atoms with Gasteiger partial charge in [-0.05, 0) is 44.2 Å². The third kappa shape index (κ3) is 5.80. The Kier molecular flexibility index (Phi) is 6.44. The average molecular weight is 213 g/mol. The van der Waals surface area contributed by atoms with Crippen LogP contribution in [0.2, 0.25) is 0 Å². The van der Waals surface area contributed by atoms with Crippen LogP contribution < -0.4 is 5.32 Å². The Morgan fingerprint density at radius 2 is 2.47 bits per heavy atom. The Hall–Kier alpha value is -0.540. The molecule has 1 heterocycles. The molecule has 0 radical (unpaired) electrons. The van der Waals surface area contributed by atoms with E-state index in [1.54, 1.807) is 0 Å². The molecule has 0 aliphatic carbocycles. The fourth-order valence-electron chi connectivity index (χ4n) is 1.66. The second kappa shape index (κ2) is 7.71. The number of nitrogens with one attached hydrogen (secondary N) is 1. The predicted octanol–water partition coefficient (Wildman–Crippen LogP) is 1.68. The van der Waals surface area contributed by atoms with E-state index in [9.17, 15) is 0 Å². The van der Waals surface area contributed by atoms with Crippen LogP contribution in [0.25, 0.3) is 0 Å². The average Bonchev–Trinajstić information content (AvgIpc) is 2.29. The number of ether oxygens (including phenoxy) is 1.